The summed E-state index contributed by atoms with van der Waals surface area (Å²) in [5, 5.41) is 42.4. The molecule has 0 aromatic carbocycles. The summed E-state index contributed by atoms with van der Waals surface area (Å²) in [5.41, 5.74) is 3.12. The molecule has 9 bridgehead atoms. The summed E-state index contributed by atoms with van der Waals surface area (Å²) in [6.45, 7) is 5.06. The highest BCUT2D eigenvalue weighted by atomic mass is 33.1. The molecule has 1 saturated heterocycles. The normalized spacial score (nSPS) is 37.8. The molecular formula is C58H74N4O9S2. The molecule has 15 heteroatoms. The van der Waals surface area contributed by atoms with Crippen LogP contribution in [-0.4, -0.2) is 94.2 Å². The Balaban J connectivity index is 1.08. The number of ether oxygens (including phenoxy) is 2. The molecule has 0 aromatic rings. The standard InChI is InChI=1S/C58H74N4O9S2/c1-3-57(19-4-5-20-57)27-45-43-12-11-41-40-17-21-58(52(41)51(43)55(68)70-45)46-14-13-42(39-10-9-34-23-36(31-64)24-35(30-63)7-6-8-37(39)25-34)54(60-28-33(2)65)73-72-32-61-47-26-38(18-22-59-47)44(50(40)53(58)56(69)71-46)29-62-48(66)15-16-49(62)67/h14-16,18,26-27,33-37,39-42,44,52,54,59-61,63-65H,3-5,8-13,17,19-25,28-32H2,1-2H3. The molecule has 13 nitrogen and oxygen atoms in total. The van der Waals surface area contributed by atoms with Crippen molar-refractivity contribution in [1.82, 2.24) is 20.9 Å². The van der Waals surface area contributed by atoms with Gasteiger partial charge in [0.2, 0.25) is 0 Å². The number of rotatable bonds is 10. The second kappa shape index (κ2) is 21.2. The minimum absolute atomic E-state index is 0.00529. The van der Waals surface area contributed by atoms with Gasteiger partial charge in [-0.05, 0) is 160 Å². The highest BCUT2D eigenvalue weighted by Gasteiger charge is 2.69. The Morgan fingerprint density at radius 1 is 0.945 bits per heavy atom. The van der Waals surface area contributed by atoms with Crippen LogP contribution < -0.4 is 16.0 Å². The molecule has 0 aromatic heterocycles. The number of esters is 2. The topological polar surface area (TPSA) is 187 Å². The number of aliphatic hydroxyl groups is 3. The number of carbonyl (C=O) groups is 4. The molecule has 12 rings (SSSR count). The van der Waals surface area contributed by atoms with Crippen LogP contribution in [0.4, 0.5) is 0 Å². The van der Waals surface area contributed by atoms with E-state index >= 15 is 4.79 Å². The minimum atomic E-state index is -0.991. The van der Waals surface area contributed by atoms with Crippen molar-refractivity contribution in [2.45, 2.75) is 128 Å². The van der Waals surface area contributed by atoms with Crippen LogP contribution in [0.1, 0.15) is 117 Å². The summed E-state index contributed by atoms with van der Waals surface area (Å²) in [6, 6.07) is 0. The van der Waals surface area contributed by atoms with Crippen LogP contribution in [0.15, 0.2) is 81.7 Å². The average molecular weight is 1040 g/mol. The Morgan fingerprint density at radius 3 is 2.53 bits per heavy atom. The maximum atomic E-state index is 15.4. The molecule has 12 aliphatic rings. The van der Waals surface area contributed by atoms with E-state index in [-0.39, 0.29) is 95.7 Å². The molecule has 0 radical (unpaired) electrons. The number of aliphatic hydroxyl groups excluding tert-OH is 3. The third kappa shape index (κ3) is 9.44. The van der Waals surface area contributed by atoms with Gasteiger partial charge < -0.3 is 40.7 Å². The maximum absolute atomic E-state index is 15.4. The van der Waals surface area contributed by atoms with E-state index in [1.807, 2.05) is 0 Å². The van der Waals surface area contributed by atoms with E-state index in [4.69, 9.17) is 9.47 Å². The second-order valence-electron chi connectivity index (χ2n) is 23.3. The Kier molecular flexibility index (Phi) is 14.8. The van der Waals surface area contributed by atoms with Crippen LogP contribution in [-0.2, 0) is 28.7 Å². The lowest BCUT2D eigenvalue weighted by Crippen LogP contribution is -2.54. The summed E-state index contributed by atoms with van der Waals surface area (Å²) >= 11 is 0. The zero-order chi connectivity index (χ0) is 50.6. The number of amides is 2. The lowest BCUT2D eigenvalue weighted by atomic mass is 9.43. The molecule has 73 heavy (non-hydrogen) atoms. The van der Waals surface area contributed by atoms with Gasteiger partial charge in [0.1, 0.15) is 11.5 Å². The molecule has 3 saturated carbocycles. The maximum Gasteiger partial charge on any atom is 0.340 e. The van der Waals surface area contributed by atoms with Crippen molar-refractivity contribution >= 4 is 45.3 Å². The number of nitrogens with one attached hydrogen (secondary N) is 3. The van der Waals surface area contributed by atoms with Gasteiger partial charge in [0.25, 0.3) is 11.8 Å². The van der Waals surface area contributed by atoms with E-state index in [0.29, 0.717) is 79.7 Å². The highest BCUT2D eigenvalue weighted by molar-refractivity contribution is 8.76. The number of fused-ring (bicyclic) bond motifs is 4. The average Bonchev–Trinajstić information content (AvgIpc) is 4.16. The molecule has 5 aliphatic heterocycles. The summed E-state index contributed by atoms with van der Waals surface area (Å²) < 4.78 is 13.3. The third-order valence-electron chi connectivity index (χ3n) is 19.3. The smallest absolute Gasteiger partial charge is 0.340 e. The van der Waals surface area contributed by atoms with Gasteiger partial charge in [-0.2, -0.15) is 0 Å². The number of hydrogen-bond acceptors (Lipinski definition) is 14. The summed E-state index contributed by atoms with van der Waals surface area (Å²) in [6.07, 6.45) is 24.8. The van der Waals surface area contributed by atoms with E-state index in [2.05, 4.69) is 59.0 Å². The first-order valence-electron chi connectivity index (χ1n) is 27.6. The lowest BCUT2D eigenvalue weighted by molar-refractivity contribution is -0.138. The van der Waals surface area contributed by atoms with Gasteiger partial charge in [0, 0.05) is 73.7 Å². The molecule has 13 atom stereocenters. The zero-order valence-corrected chi connectivity index (χ0v) is 44.1. The summed E-state index contributed by atoms with van der Waals surface area (Å²) in [5.74, 6) is 7.92. The van der Waals surface area contributed by atoms with Crippen LogP contribution in [0.5, 0.6) is 0 Å². The van der Waals surface area contributed by atoms with Crippen molar-refractivity contribution in [1.29, 1.82) is 0 Å². The predicted octanol–water partition coefficient (Wildman–Crippen LogP) is 7.46. The minimum Gasteiger partial charge on any atom is -0.427 e. The Hall–Kier alpha value is -4.04. The van der Waals surface area contributed by atoms with Crippen LogP contribution in [0.3, 0.4) is 0 Å². The van der Waals surface area contributed by atoms with Gasteiger partial charge >= 0.3 is 11.9 Å². The number of allylic oxidation sites excluding steroid dienone is 5. The van der Waals surface area contributed by atoms with Crippen LogP contribution in [0, 0.1) is 81.8 Å². The van der Waals surface area contributed by atoms with Crippen molar-refractivity contribution in [3.8, 4) is 11.8 Å². The first-order chi connectivity index (χ1) is 35.4. The summed E-state index contributed by atoms with van der Waals surface area (Å²) in [4.78, 5) is 58.6. The van der Waals surface area contributed by atoms with Crippen LogP contribution in [0.25, 0.3) is 0 Å². The van der Waals surface area contributed by atoms with Crippen molar-refractivity contribution in [3.63, 3.8) is 0 Å². The van der Waals surface area contributed by atoms with Crippen molar-refractivity contribution in [2.24, 2.45) is 70.0 Å². The first kappa shape index (κ1) is 51.1. The zero-order valence-electron chi connectivity index (χ0n) is 42.5. The Morgan fingerprint density at radius 2 is 1.77 bits per heavy atom. The van der Waals surface area contributed by atoms with Gasteiger partial charge in [0.05, 0.1) is 40.8 Å². The predicted molar refractivity (Wildman–Crippen MR) is 280 cm³/mol. The quantitative estimate of drug-likeness (QED) is 0.0548. The summed E-state index contributed by atoms with van der Waals surface area (Å²) in [7, 11) is 3.46. The number of dihydropyridines is 1. The number of cyclic esters (lactones) is 1. The molecule has 13 unspecified atom stereocenters. The third-order valence-corrected chi connectivity index (χ3v) is 21.8. The number of carbonyl (C=O) groups excluding carboxylic acids is 4. The van der Waals surface area contributed by atoms with E-state index in [1.165, 1.54) is 17.1 Å². The van der Waals surface area contributed by atoms with Gasteiger partial charge in [-0.3, -0.25) is 14.5 Å². The van der Waals surface area contributed by atoms with Crippen molar-refractivity contribution < 1.29 is 44.0 Å². The van der Waals surface area contributed by atoms with Gasteiger partial charge in [-0.1, -0.05) is 59.8 Å². The van der Waals surface area contributed by atoms with Crippen LogP contribution >= 0.6 is 21.6 Å². The largest absolute Gasteiger partial charge is 0.427 e. The van der Waals surface area contributed by atoms with Gasteiger partial charge in [0.15, 0.2) is 0 Å². The molecule has 392 valence electrons. The number of hydrogen-bond donors (Lipinski definition) is 6. The Labute approximate surface area is 438 Å². The molecule has 1 spiro atoms. The number of nitrogens with zero attached hydrogens (tertiary/aromatic N) is 1. The fourth-order valence-electron chi connectivity index (χ4n) is 16.0. The van der Waals surface area contributed by atoms with E-state index in [1.54, 1.807) is 28.5 Å². The first-order valence-corrected chi connectivity index (χ1v) is 30.0. The lowest BCUT2D eigenvalue weighted by Gasteiger charge is -2.57. The molecular weight excluding hydrogens is 961 g/mol. The molecule has 2 amide bonds. The van der Waals surface area contributed by atoms with Crippen molar-refractivity contribution in [2.75, 3.05) is 38.7 Å². The monoisotopic (exact) mass is 1030 g/mol. The van der Waals surface area contributed by atoms with Crippen LogP contribution in [0.2, 0.25) is 0 Å². The number of imide groups is 1. The Bertz CT molecular complexity index is 2530. The fraction of sp³-hybridized carbons (Fsp3) is 0.655. The van der Waals surface area contributed by atoms with E-state index in [0.717, 1.165) is 93.2 Å². The molecule has 7 aliphatic carbocycles. The second-order valence-corrected chi connectivity index (χ2v) is 25.8. The van der Waals surface area contributed by atoms with Gasteiger partial charge in [-0.25, -0.2) is 9.59 Å². The van der Waals surface area contributed by atoms with Crippen molar-refractivity contribution in [3.05, 3.63) is 81.7 Å². The molecule has 6 N–H and O–H groups in total. The molecule has 5 heterocycles. The highest BCUT2D eigenvalue weighted by Crippen LogP contribution is 2.72. The van der Waals surface area contributed by atoms with Gasteiger partial charge in [-0.15, -0.1) is 5.92 Å². The van der Waals surface area contributed by atoms with E-state index < -0.39 is 23.4 Å². The fourth-order valence-corrected chi connectivity index (χ4v) is 18.5. The van der Waals surface area contributed by atoms with E-state index in [9.17, 15) is 29.7 Å². The SMILES string of the molecule is CCC1(C=C2OC(=O)C3=C2CCC2C4CCC5(C6=CCC(C7CCC8CC(CO)CC(CO)C#CCC7C8)C(NCC(C)O)SSCNC7=CC(=CCN7)C(CN7C(=O)C=CC7=O)C4=C5C(=O)O6)C32)CCCC1. The molecule has 4 fully saturated rings.